The molecule has 2 aromatic carbocycles. The number of tetrazole rings is 1. The van der Waals surface area contributed by atoms with Crippen molar-refractivity contribution in [2.45, 2.75) is 38.3 Å². The van der Waals surface area contributed by atoms with Crippen LogP contribution in [0.25, 0.3) is 5.76 Å². The molecule has 3 aromatic rings. The number of nitroso groups, excluding NO2 is 1. The molecule has 0 aliphatic rings. The zero-order chi connectivity index (χ0) is 29.0. The summed E-state index contributed by atoms with van der Waals surface area (Å²) in [5, 5.41) is 16.9. The van der Waals surface area contributed by atoms with Crippen molar-refractivity contribution in [3.63, 3.8) is 0 Å². The van der Waals surface area contributed by atoms with E-state index in [2.05, 4.69) is 41.6 Å². The minimum Gasteiger partial charge on any atom is -0.471 e. The molecule has 214 valence electrons. The first-order valence-electron chi connectivity index (χ1n) is 11.8. The highest BCUT2D eigenvalue weighted by atomic mass is 31.2. The van der Waals surface area contributed by atoms with Gasteiger partial charge >= 0.3 is 22.8 Å². The lowest BCUT2D eigenvalue weighted by atomic mass is 10.0. The summed E-state index contributed by atoms with van der Waals surface area (Å²) < 4.78 is 27.4. The average molecular weight is 594 g/mol. The van der Waals surface area contributed by atoms with Crippen LogP contribution in [0.5, 0.6) is 0 Å². The van der Waals surface area contributed by atoms with E-state index in [4.69, 9.17) is 19.4 Å². The van der Waals surface area contributed by atoms with E-state index in [9.17, 15) is 14.3 Å². The third kappa shape index (κ3) is 9.65. The van der Waals surface area contributed by atoms with Gasteiger partial charge in [-0.3, -0.25) is 18.4 Å². The van der Waals surface area contributed by atoms with Gasteiger partial charge in [0.25, 0.3) is 0 Å². The number of carbonyl (C=O) groups excluding carboxylic acids is 1. The Morgan fingerprint density at radius 1 is 1.18 bits per heavy atom. The molecule has 1 heterocycles. The summed E-state index contributed by atoms with van der Waals surface area (Å²) in [5.41, 5.74) is 2.28. The smallest absolute Gasteiger partial charge is 0.331 e. The Bertz CT molecular complexity index is 1310. The molecule has 0 saturated heterocycles. The van der Waals surface area contributed by atoms with E-state index in [0.29, 0.717) is 29.1 Å². The van der Waals surface area contributed by atoms with Crippen LogP contribution in [0.3, 0.4) is 0 Å². The first-order valence-corrected chi connectivity index (χ1v) is 14.2. The molecule has 0 bridgehead atoms. The maximum absolute atomic E-state index is 12.6. The zero-order valence-corrected chi connectivity index (χ0v) is 23.0. The maximum atomic E-state index is 12.6. The van der Waals surface area contributed by atoms with Gasteiger partial charge < -0.3 is 24.7 Å². The summed E-state index contributed by atoms with van der Waals surface area (Å²) >= 11 is 0. The fraction of sp³-hybridized carbons (Fsp3) is 0.304. The van der Waals surface area contributed by atoms with Crippen LogP contribution in [0, 0.1) is 4.91 Å². The normalized spacial score (nSPS) is 13.4. The molecule has 2 unspecified atom stereocenters. The molecular weight excluding hydrogens is 566 g/mol. The minimum atomic E-state index is -3.69. The maximum Gasteiger partial charge on any atom is 0.331 e. The molecule has 17 heteroatoms. The number of carbonyl (C=O) groups is 1. The molecule has 0 radical (unpaired) electrons. The molecule has 0 saturated carbocycles. The summed E-state index contributed by atoms with van der Waals surface area (Å²) in [6, 6.07) is 16.8. The highest BCUT2D eigenvalue weighted by molar-refractivity contribution is 7.39. The molecule has 0 aliphatic heterocycles. The van der Waals surface area contributed by atoms with Crippen LogP contribution in [0.1, 0.15) is 35.4 Å². The zero-order valence-electron chi connectivity index (χ0n) is 21.1. The van der Waals surface area contributed by atoms with Gasteiger partial charge in [-0.1, -0.05) is 61.2 Å². The number of hydrogen-bond donors (Lipinski definition) is 4. The largest absolute Gasteiger partial charge is 0.471 e. The van der Waals surface area contributed by atoms with Crippen LogP contribution in [0.4, 0.5) is 0 Å². The van der Waals surface area contributed by atoms with E-state index < -0.39 is 29.2 Å². The Balaban J connectivity index is 1.53. The predicted octanol–water partition coefficient (Wildman–Crippen LogP) is 2.39. The number of benzene rings is 2. The lowest BCUT2D eigenvalue weighted by Crippen LogP contribution is -2.32. The van der Waals surface area contributed by atoms with E-state index >= 15 is 0 Å². The van der Waals surface area contributed by atoms with Crippen molar-refractivity contribution in [3.05, 3.63) is 88.6 Å². The summed E-state index contributed by atoms with van der Waals surface area (Å²) in [5.74, 6) is -2.02. The highest BCUT2D eigenvalue weighted by Crippen LogP contribution is 2.41. The molecule has 2 atom stereocenters. The number of hydrogen-bond acceptors (Lipinski definition) is 12. The Kier molecular flexibility index (Phi) is 12.0. The van der Waals surface area contributed by atoms with E-state index in [0.717, 1.165) is 5.56 Å². The number of rotatable bonds is 17. The minimum absolute atomic E-state index is 0.00449. The van der Waals surface area contributed by atoms with Gasteiger partial charge in [0.2, 0.25) is 5.91 Å². The van der Waals surface area contributed by atoms with E-state index in [1.165, 1.54) is 4.68 Å². The molecule has 3 rings (SSSR count). The second kappa shape index (κ2) is 15.4. The van der Waals surface area contributed by atoms with E-state index in [1.807, 2.05) is 30.3 Å². The fourth-order valence-corrected chi connectivity index (χ4v) is 4.57. The Labute approximate surface area is 230 Å². The van der Waals surface area contributed by atoms with Gasteiger partial charge in [-0.2, -0.15) is 4.68 Å². The molecule has 4 N–H and O–H groups in total. The van der Waals surface area contributed by atoms with Gasteiger partial charge in [0.05, 0.1) is 6.42 Å². The molecule has 15 nitrogen and oxygen atoms in total. The van der Waals surface area contributed by atoms with Crippen LogP contribution >= 0.6 is 16.9 Å². The van der Waals surface area contributed by atoms with Crippen LogP contribution in [0.2, 0.25) is 0 Å². The van der Waals surface area contributed by atoms with Crippen molar-refractivity contribution in [1.82, 2.24) is 25.5 Å². The molecular formula is C23H28N6O9P2. The van der Waals surface area contributed by atoms with Crippen molar-refractivity contribution in [1.29, 1.82) is 0 Å². The van der Waals surface area contributed by atoms with Gasteiger partial charge in [-0.15, -0.1) is 10.0 Å². The second-order valence-corrected chi connectivity index (χ2v) is 9.68. The van der Waals surface area contributed by atoms with E-state index in [-0.39, 0.29) is 32.0 Å². The number of nitrogens with one attached hydrogen (secondary N) is 1. The third-order valence-corrected chi connectivity index (χ3v) is 6.38. The van der Waals surface area contributed by atoms with Gasteiger partial charge in [-0.05, 0) is 33.2 Å². The Hall–Kier alpha value is -3.42. The van der Waals surface area contributed by atoms with Crippen molar-refractivity contribution in [3.8, 4) is 0 Å². The number of ether oxygens (including phenoxy) is 1. The number of aromatic nitrogens is 4. The van der Waals surface area contributed by atoms with Crippen molar-refractivity contribution in [2.75, 3.05) is 6.54 Å². The highest BCUT2D eigenvalue weighted by Gasteiger charge is 2.38. The van der Waals surface area contributed by atoms with Crippen molar-refractivity contribution in [2.24, 2.45) is 5.18 Å². The molecule has 0 spiro atoms. The first kappa shape index (κ1) is 31.1. The summed E-state index contributed by atoms with van der Waals surface area (Å²) in [4.78, 5) is 50.7. The molecule has 1 aromatic heterocycles. The SMILES string of the molecule is C=C(OCn1nnnc1Cc1ccccc1)c1ccccc1CC(=O)NCCCC(N=O)(OP(O)O)O[PH](=O)O. The van der Waals surface area contributed by atoms with Crippen LogP contribution in [-0.2, 0) is 42.7 Å². The van der Waals surface area contributed by atoms with Crippen molar-refractivity contribution < 1.29 is 37.8 Å². The van der Waals surface area contributed by atoms with Crippen molar-refractivity contribution >= 4 is 28.5 Å². The summed E-state index contributed by atoms with van der Waals surface area (Å²) in [6.07, 6.45) is 0.0711. The third-order valence-electron chi connectivity index (χ3n) is 5.44. The standard InChI is InChI=1S/C23H28N6O9P2/c1-17(36-16-29-21(25-27-28-29)14-18-8-3-2-4-9-18)20-11-6-5-10-19(20)15-22(30)24-13-7-12-23(26-31,37-39(32)33)38-40(34)35/h2-6,8-11,32-33,40H,1,7,12-16H2,(H,24,30)(H,34,35). The van der Waals surface area contributed by atoms with Gasteiger partial charge in [0, 0.05) is 24.9 Å². The van der Waals surface area contributed by atoms with Gasteiger partial charge in [-0.25, -0.2) is 0 Å². The van der Waals surface area contributed by atoms with Gasteiger partial charge in [0.15, 0.2) is 12.6 Å². The average Bonchev–Trinajstić information content (AvgIpc) is 3.36. The Morgan fingerprint density at radius 2 is 1.90 bits per heavy atom. The predicted molar refractivity (Wildman–Crippen MR) is 143 cm³/mol. The monoisotopic (exact) mass is 594 g/mol. The van der Waals surface area contributed by atoms with Crippen LogP contribution < -0.4 is 5.32 Å². The second-order valence-electron chi connectivity index (χ2n) is 8.26. The van der Waals surface area contributed by atoms with E-state index in [1.54, 1.807) is 24.3 Å². The molecule has 0 aliphatic carbocycles. The molecule has 0 fully saturated rings. The summed E-state index contributed by atoms with van der Waals surface area (Å²) in [6.45, 7) is 3.99. The van der Waals surface area contributed by atoms with Crippen LogP contribution in [-0.4, -0.2) is 53.3 Å². The quantitative estimate of drug-likeness (QED) is 0.0584. The van der Waals surface area contributed by atoms with Gasteiger partial charge in [0.1, 0.15) is 5.76 Å². The summed E-state index contributed by atoms with van der Waals surface area (Å²) in [7, 11) is -6.79. The first-order chi connectivity index (χ1) is 19.2. The van der Waals surface area contributed by atoms with Crippen LogP contribution in [0.15, 0.2) is 66.4 Å². The lowest BCUT2D eigenvalue weighted by molar-refractivity contribution is -0.124. The number of amides is 1. The Morgan fingerprint density at radius 3 is 2.60 bits per heavy atom. The molecule has 40 heavy (non-hydrogen) atoms. The molecule has 1 amide bonds. The lowest BCUT2D eigenvalue weighted by Gasteiger charge is -2.24. The topological polar surface area (TPSA) is 208 Å². The number of nitrogens with zero attached hydrogens (tertiary/aromatic N) is 5. The fourth-order valence-electron chi connectivity index (χ4n) is 3.63.